The number of nitrogens with zero attached hydrogens (tertiary/aromatic N) is 1. The number of carbonyl (C=O) groups is 1. The molecule has 2 N–H and O–H groups in total. The Labute approximate surface area is 120 Å². The molecule has 0 bridgehead atoms. The summed E-state index contributed by atoms with van der Waals surface area (Å²) >= 11 is 5.70. The highest BCUT2D eigenvalue weighted by atomic mass is 35.5. The van der Waals surface area contributed by atoms with Crippen molar-refractivity contribution in [2.75, 3.05) is 5.32 Å². The van der Waals surface area contributed by atoms with E-state index in [0.717, 1.165) is 16.5 Å². The zero-order valence-electron chi connectivity index (χ0n) is 10.6. The number of pyridine rings is 1. The number of aromatic nitrogens is 2. The van der Waals surface area contributed by atoms with E-state index in [1.54, 1.807) is 12.1 Å². The number of nitrogens with one attached hydrogen (secondary N) is 2. The molecule has 3 rings (SSSR count). The van der Waals surface area contributed by atoms with Gasteiger partial charge in [-0.1, -0.05) is 29.8 Å². The van der Waals surface area contributed by atoms with Crippen molar-refractivity contribution in [1.29, 1.82) is 0 Å². The van der Waals surface area contributed by atoms with Crippen LogP contribution in [-0.2, 0) is 11.2 Å². The van der Waals surface area contributed by atoms with Gasteiger partial charge in [-0.15, -0.1) is 0 Å². The van der Waals surface area contributed by atoms with Crippen LogP contribution in [0.5, 0.6) is 0 Å². The largest absolute Gasteiger partial charge is 0.361 e. The second-order valence-corrected chi connectivity index (χ2v) is 4.84. The normalized spacial score (nSPS) is 10.7. The van der Waals surface area contributed by atoms with Gasteiger partial charge >= 0.3 is 0 Å². The Morgan fingerprint density at radius 3 is 2.90 bits per heavy atom. The van der Waals surface area contributed by atoms with E-state index in [1.807, 2.05) is 30.5 Å². The molecule has 0 spiro atoms. The fourth-order valence-electron chi connectivity index (χ4n) is 2.11. The molecule has 5 heteroatoms. The summed E-state index contributed by atoms with van der Waals surface area (Å²) in [5.41, 5.74) is 2.64. The predicted molar refractivity (Wildman–Crippen MR) is 79.9 cm³/mol. The molecule has 100 valence electrons. The molecule has 0 saturated heterocycles. The van der Waals surface area contributed by atoms with E-state index in [0.29, 0.717) is 17.3 Å². The van der Waals surface area contributed by atoms with Crippen molar-refractivity contribution in [2.45, 2.75) is 6.42 Å². The van der Waals surface area contributed by atoms with Crippen molar-refractivity contribution in [3.05, 3.63) is 59.5 Å². The van der Waals surface area contributed by atoms with Crippen molar-refractivity contribution >= 4 is 34.1 Å². The number of fused-ring (bicyclic) bond motifs is 1. The Hall–Kier alpha value is -2.33. The molecule has 0 aliphatic rings. The van der Waals surface area contributed by atoms with Gasteiger partial charge in [-0.2, -0.15) is 0 Å². The van der Waals surface area contributed by atoms with Gasteiger partial charge in [0.2, 0.25) is 5.91 Å². The number of hydrogen-bond donors (Lipinski definition) is 2. The van der Waals surface area contributed by atoms with Crippen LogP contribution in [0.1, 0.15) is 5.56 Å². The maximum atomic E-state index is 12.0. The van der Waals surface area contributed by atoms with Crippen LogP contribution in [0.3, 0.4) is 0 Å². The van der Waals surface area contributed by atoms with Crippen LogP contribution in [0.25, 0.3) is 10.9 Å². The number of H-pyrrole nitrogens is 1. The maximum Gasteiger partial charge on any atom is 0.228 e. The van der Waals surface area contributed by atoms with Crippen LogP contribution in [0, 0.1) is 0 Å². The monoisotopic (exact) mass is 285 g/mol. The van der Waals surface area contributed by atoms with Crippen molar-refractivity contribution in [2.24, 2.45) is 0 Å². The first-order valence-corrected chi connectivity index (χ1v) is 6.56. The quantitative estimate of drug-likeness (QED) is 0.725. The molecule has 0 unspecified atom stereocenters. The Bertz CT molecular complexity index is 749. The zero-order chi connectivity index (χ0) is 13.9. The summed E-state index contributed by atoms with van der Waals surface area (Å²) in [6.07, 6.45) is 3.71. The van der Waals surface area contributed by atoms with E-state index in [9.17, 15) is 4.79 Å². The number of carbonyl (C=O) groups excluding carboxylic acids is 1. The minimum absolute atomic E-state index is 0.0844. The molecule has 1 amide bonds. The van der Waals surface area contributed by atoms with Gasteiger partial charge in [-0.05, 0) is 23.8 Å². The summed E-state index contributed by atoms with van der Waals surface area (Å²) < 4.78 is 0. The van der Waals surface area contributed by atoms with E-state index >= 15 is 0 Å². The summed E-state index contributed by atoms with van der Waals surface area (Å²) in [7, 11) is 0. The number of rotatable bonds is 3. The van der Waals surface area contributed by atoms with E-state index in [4.69, 9.17) is 11.6 Å². The van der Waals surface area contributed by atoms with E-state index in [1.165, 1.54) is 6.20 Å². The lowest BCUT2D eigenvalue weighted by Crippen LogP contribution is -2.14. The molecule has 20 heavy (non-hydrogen) atoms. The fraction of sp³-hybridized carbons (Fsp3) is 0.0667. The number of halogens is 1. The maximum absolute atomic E-state index is 12.0. The number of para-hydroxylation sites is 1. The smallest absolute Gasteiger partial charge is 0.228 e. The third-order valence-corrected chi connectivity index (χ3v) is 3.26. The molecule has 0 saturated carbocycles. The highest BCUT2D eigenvalue weighted by Crippen LogP contribution is 2.18. The Balaban J connectivity index is 1.74. The SMILES string of the molecule is O=C(Cc1c[nH]c2ccccc12)Nc1ccc(Cl)nc1. The van der Waals surface area contributed by atoms with Crippen LogP contribution < -0.4 is 5.32 Å². The Morgan fingerprint density at radius 1 is 1.25 bits per heavy atom. The molecular formula is C15H12ClN3O. The third kappa shape index (κ3) is 2.65. The average molecular weight is 286 g/mol. The van der Waals surface area contributed by atoms with Crippen LogP contribution in [-0.4, -0.2) is 15.9 Å². The lowest BCUT2D eigenvalue weighted by atomic mass is 10.1. The first-order valence-electron chi connectivity index (χ1n) is 6.19. The minimum atomic E-state index is -0.0844. The summed E-state index contributed by atoms with van der Waals surface area (Å²) in [5, 5.41) is 4.27. The molecule has 0 radical (unpaired) electrons. The van der Waals surface area contributed by atoms with Crippen molar-refractivity contribution < 1.29 is 4.79 Å². The lowest BCUT2D eigenvalue weighted by molar-refractivity contribution is -0.115. The van der Waals surface area contributed by atoms with E-state index < -0.39 is 0 Å². The molecule has 3 aromatic rings. The van der Waals surface area contributed by atoms with Crippen LogP contribution in [0.2, 0.25) is 5.15 Å². The predicted octanol–water partition coefficient (Wildman–Crippen LogP) is 3.40. The highest BCUT2D eigenvalue weighted by molar-refractivity contribution is 6.29. The Morgan fingerprint density at radius 2 is 2.10 bits per heavy atom. The van der Waals surface area contributed by atoms with E-state index in [-0.39, 0.29) is 5.91 Å². The van der Waals surface area contributed by atoms with Crippen molar-refractivity contribution in [3.63, 3.8) is 0 Å². The molecule has 0 fully saturated rings. The first kappa shape index (κ1) is 12.7. The molecule has 4 nitrogen and oxygen atoms in total. The van der Waals surface area contributed by atoms with Gasteiger partial charge in [0.1, 0.15) is 5.15 Å². The fourth-order valence-corrected chi connectivity index (χ4v) is 2.22. The number of hydrogen-bond acceptors (Lipinski definition) is 2. The van der Waals surface area contributed by atoms with Gasteiger partial charge < -0.3 is 10.3 Å². The molecular weight excluding hydrogens is 274 g/mol. The number of amides is 1. The molecule has 0 aliphatic heterocycles. The third-order valence-electron chi connectivity index (χ3n) is 3.04. The van der Waals surface area contributed by atoms with Crippen LogP contribution in [0.4, 0.5) is 5.69 Å². The molecule has 0 aliphatic carbocycles. The van der Waals surface area contributed by atoms with Gasteiger partial charge in [0.15, 0.2) is 0 Å². The highest BCUT2D eigenvalue weighted by Gasteiger charge is 2.08. The number of anilines is 1. The van der Waals surface area contributed by atoms with E-state index in [2.05, 4.69) is 15.3 Å². The number of benzene rings is 1. The lowest BCUT2D eigenvalue weighted by Gasteiger charge is -2.04. The summed E-state index contributed by atoms with van der Waals surface area (Å²) in [6, 6.07) is 11.3. The minimum Gasteiger partial charge on any atom is -0.361 e. The van der Waals surface area contributed by atoms with Gasteiger partial charge in [-0.25, -0.2) is 4.98 Å². The summed E-state index contributed by atoms with van der Waals surface area (Å²) in [5.74, 6) is -0.0844. The standard InChI is InChI=1S/C15H12ClN3O/c16-14-6-5-11(9-18-14)19-15(20)7-10-8-17-13-4-2-1-3-12(10)13/h1-6,8-9,17H,7H2,(H,19,20). The molecule has 2 heterocycles. The molecule has 1 aromatic carbocycles. The van der Waals surface area contributed by atoms with Crippen LogP contribution >= 0.6 is 11.6 Å². The second-order valence-electron chi connectivity index (χ2n) is 4.45. The average Bonchev–Trinajstić information content (AvgIpc) is 2.85. The molecule has 2 aromatic heterocycles. The summed E-state index contributed by atoms with van der Waals surface area (Å²) in [6.45, 7) is 0. The summed E-state index contributed by atoms with van der Waals surface area (Å²) in [4.78, 5) is 19.1. The zero-order valence-corrected chi connectivity index (χ0v) is 11.3. The second kappa shape index (κ2) is 5.35. The van der Waals surface area contributed by atoms with Crippen molar-refractivity contribution in [1.82, 2.24) is 9.97 Å². The van der Waals surface area contributed by atoms with Gasteiger partial charge in [0.05, 0.1) is 18.3 Å². The van der Waals surface area contributed by atoms with Gasteiger partial charge in [0, 0.05) is 17.1 Å². The Kier molecular flexibility index (Phi) is 3.39. The topological polar surface area (TPSA) is 57.8 Å². The van der Waals surface area contributed by atoms with Gasteiger partial charge in [-0.3, -0.25) is 4.79 Å². The number of aromatic amines is 1. The van der Waals surface area contributed by atoms with Crippen LogP contribution in [0.15, 0.2) is 48.8 Å². The van der Waals surface area contributed by atoms with Gasteiger partial charge in [0.25, 0.3) is 0 Å². The molecule has 0 atom stereocenters. The first-order chi connectivity index (χ1) is 9.72. The van der Waals surface area contributed by atoms with Crippen molar-refractivity contribution in [3.8, 4) is 0 Å².